The molecule has 0 saturated carbocycles. The minimum absolute atomic E-state index is 0.104. The van der Waals surface area contributed by atoms with E-state index in [-0.39, 0.29) is 11.9 Å². The molecule has 0 unspecified atom stereocenters. The summed E-state index contributed by atoms with van der Waals surface area (Å²) in [5.74, 6) is 1.20. The number of thioether (sulfide) groups is 1. The topological polar surface area (TPSA) is 61.9 Å². The number of benzene rings is 1. The van der Waals surface area contributed by atoms with Gasteiger partial charge in [-0.25, -0.2) is 0 Å². The molecule has 1 aromatic carbocycles. The minimum Gasteiger partial charge on any atom is -0.376 e. The van der Waals surface area contributed by atoms with Crippen LogP contribution in [0.4, 0.5) is 0 Å². The van der Waals surface area contributed by atoms with Crippen molar-refractivity contribution in [2.24, 2.45) is 0 Å². The van der Waals surface area contributed by atoms with Gasteiger partial charge < -0.3 is 9.30 Å². The molecule has 5 rings (SSSR count). The van der Waals surface area contributed by atoms with Gasteiger partial charge in [0, 0.05) is 35.8 Å². The highest BCUT2D eigenvalue weighted by molar-refractivity contribution is 7.99. The van der Waals surface area contributed by atoms with Gasteiger partial charge in [0.2, 0.25) is 0 Å². The molecule has 4 heterocycles. The van der Waals surface area contributed by atoms with Crippen LogP contribution in [-0.2, 0) is 11.3 Å². The molecule has 1 fully saturated rings. The zero-order valence-corrected chi connectivity index (χ0v) is 20.4. The molecule has 0 N–H and O–H groups in total. The first-order valence-electron chi connectivity index (χ1n) is 11.1. The van der Waals surface area contributed by atoms with Crippen molar-refractivity contribution in [3.63, 3.8) is 0 Å². The number of para-hydroxylation sites is 1. The van der Waals surface area contributed by atoms with Crippen LogP contribution in [0.3, 0.4) is 0 Å². The first kappa shape index (κ1) is 22.1. The molecule has 4 aromatic rings. The van der Waals surface area contributed by atoms with Gasteiger partial charge in [0.1, 0.15) is 0 Å². The molecule has 0 aliphatic carbocycles. The van der Waals surface area contributed by atoms with Crippen molar-refractivity contribution < 1.29 is 9.53 Å². The summed E-state index contributed by atoms with van der Waals surface area (Å²) >= 11 is 3.06. The van der Waals surface area contributed by atoms with Crippen molar-refractivity contribution in [1.82, 2.24) is 19.3 Å². The van der Waals surface area contributed by atoms with Crippen LogP contribution in [-0.4, -0.2) is 43.6 Å². The van der Waals surface area contributed by atoms with E-state index in [9.17, 15) is 4.79 Å². The Hall–Kier alpha value is -2.68. The van der Waals surface area contributed by atoms with Crippen LogP contribution < -0.4 is 0 Å². The number of aryl methyl sites for hydroxylation is 1. The summed E-state index contributed by atoms with van der Waals surface area (Å²) < 4.78 is 10.1. The van der Waals surface area contributed by atoms with Crippen LogP contribution in [0.25, 0.3) is 16.4 Å². The molecule has 3 aromatic heterocycles. The van der Waals surface area contributed by atoms with Crippen LogP contribution in [0.2, 0.25) is 0 Å². The number of hydrogen-bond donors (Lipinski definition) is 0. The Bertz CT molecular complexity index is 1240. The van der Waals surface area contributed by atoms with Crippen LogP contribution >= 0.6 is 23.1 Å². The number of hydrogen-bond acceptors (Lipinski definition) is 6. The number of carbonyl (C=O) groups excluding carboxylic acids is 1. The van der Waals surface area contributed by atoms with Gasteiger partial charge in [0.05, 0.1) is 16.7 Å². The molecule has 0 spiro atoms. The maximum Gasteiger partial charge on any atom is 0.196 e. The molecular weight excluding hydrogens is 452 g/mol. The van der Waals surface area contributed by atoms with Crippen molar-refractivity contribution in [2.75, 3.05) is 12.4 Å². The third kappa shape index (κ3) is 4.55. The summed E-state index contributed by atoms with van der Waals surface area (Å²) in [6, 6.07) is 16.1. The molecule has 33 heavy (non-hydrogen) atoms. The minimum atomic E-state index is 0.104. The van der Waals surface area contributed by atoms with E-state index in [0.29, 0.717) is 10.9 Å². The lowest BCUT2D eigenvalue weighted by Crippen LogP contribution is -2.17. The van der Waals surface area contributed by atoms with Crippen LogP contribution in [0.5, 0.6) is 0 Å². The smallest absolute Gasteiger partial charge is 0.196 e. The van der Waals surface area contributed by atoms with E-state index in [1.165, 1.54) is 11.8 Å². The highest BCUT2D eigenvalue weighted by Gasteiger charge is 2.22. The van der Waals surface area contributed by atoms with E-state index >= 15 is 0 Å². The number of Topliss-reactive ketones (excluding diaryl/α,β-unsaturated/α-hetero) is 1. The molecule has 1 aliphatic heterocycles. The Morgan fingerprint density at radius 2 is 2.03 bits per heavy atom. The normalized spacial score (nSPS) is 15.9. The van der Waals surface area contributed by atoms with Crippen molar-refractivity contribution in [3.8, 4) is 16.4 Å². The monoisotopic (exact) mass is 478 g/mol. The lowest BCUT2D eigenvalue weighted by Gasteiger charge is -2.14. The Kier molecular flexibility index (Phi) is 6.48. The molecule has 0 amide bonds. The van der Waals surface area contributed by atoms with Crippen LogP contribution in [0, 0.1) is 13.8 Å². The number of ketones is 1. The fourth-order valence-electron chi connectivity index (χ4n) is 4.30. The van der Waals surface area contributed by atoms with E-state index < -0.39 is 0 Å². The Morgan fingerprint density at radius 3 is 2.76 bits per heavy atom. The van der Waals surface area contributed by atoms with Crippen LogP contribution in [0.15, 0.2) is 59.1 Å². The predicted molar refractivity (Wildman–Crippen MR) is 133 cm³/mol. The van der Waals surface area contributed by atoms with Crippen molar-refractivity contribution >= 4 is 28.9 Å². The second-order valence-electron chi connectivity index (χ2n) is 8.20. The van der Waals surface area contributed by atoms with E-state index in [0.717, 1.165) is 59.3 Å². The summed E-state index contributed by atoms with van der Waals surface area (Å²) in [6.45, 7) is 5.74. The Labute approximate surface area is 201 Å². The van der Waals surface area contributed by atoms with Gasteiger partial charge in [-0.2, -0.15) is 0 Å². The van der Waals surface area contributed by atoms with Gasteiger partial charge >= 0.3 is 0 Å². The van der Waals surface area contributed by atoms with Gasteiger partial charge in [0.15, 0.2) is 16.8 Å². The molecule has 1 aliphatic rings. The summed E-state index contributed by atoms with van der Waals surface area (Å²) in [4.78, 5) is 14.2. The zero-order valence-electron chi connectivity index (χ0n) is 18.7. The molecule has 8 heteroatoms. The number of thiophene rings is 1. The average Bonchev–Trinajstić information content (AvgIpc) is 3.63. The molecule has 0 radical (unpaired) electrons. The Balaban J connectivity index is 1.37. The van der Waals surface area contributed by atoms with Gasteiger partial charge in [-0.1, -0.05) is 36.0 Å². The van der Waals surface area contributed by atoms with Gasteiger partial charge in [-0.3, -0.25) is 9.36 Å². The summed E-state index contributed by atoms with van der Waals surface area (Å²) in [6.07, 6.45) is 2.44. The molecule has 0 bridgehead atoms. The summed E-state index contributed by atoms with van der Waals surface area (Å²) in [5, 5.41) is 11.6. The van der Waals surface area contributed by atoms with Gasteiger partial charge in [-0.05, 0) is 56.3 Å². The Morgan fingerprint density at radius 1 is 1.18 bits per heavy atom. The van der Waals surface area contributed by atoms with Crippen LogP contribution in [0.1, 0.15) is 34.6 Å². The first-order chi connectivity index (χ1) is 16.1. The maximum atomic E-state index is 13.2. The SMILES string of the molecule is Cc1cc(C(=O)CSc2nnc(-c3cccs3)n2-c2ccccc2)c(C)n1C[C@@H]1CCCO1. The highest BCUT2D eigenvalue weighted by atomic mass is 32.2. The van der Waals surface area contributed by atoms with Crippen molar-refractivity contribution in [3.05, 3.63) is 70.9 Å². The second kappa shape index (κ2) is 9.67. The summed E-state index contributed by atoms with van der Waals surface area (Å²) in [5.41, 5.74) is 3.87. The van der Waals surface area contributed by atoms with E-state index in [1.54, 1.807) is 11.3 Å². The predicted octanol–water partition coefficient (Wildman–Crippen LogP) is 5.57. The van der Waals surface area contributed by atoms with Gasteiger partial charge in [0.25, 0.3) is 0 Å². The van der Waals surface area contributed by atoms with Crippen molar-refractivity contribution in [1.29, 1.82) is 0 Å². The quantitative estimate of drug-likeness (QED) is 0.245. The third-order valence-corrected chi connectivity index (χ3v) is 7.80. The number of ether oxygens (including phenoxy) is 1. The number of aromatic nitrogens is 4. The molecule has 6 nitrogen and oxygen atoms in total. The highest BCUT2D eigenvalue weighted by Crippen LogP contribution is 2.31. The van der Waals surface area contributed by atoms with E-state index in [2.05, 4.69) is 21.7 Å². The molecule has 1 saturated heterocycles. The standard InChI is InChI=1S/C25H26N4O2S2/c1-17-14-21(18(2)28(17)15-20-10-6-12-31-20)22(30)16-33-25-27-26-24(23-11-7-13-32-23)29(25)19-8-4-3-5-9-19/h3-5,7-9,11,13-14,20H,6,10,12,15-16H2,1-2H3/t20-/m0/s1. The first-order valence-corrected chi connectivity index (χ1v) is 13.0. The molecule has 1 atom stereocenters. The average molecular weight is 479 g/mol. The number of carbonyl (C=O) groups is 1. The zero-order chi connectivity index (χ0) is 22.8. The van der Waals surface area contributed by atoms with E-state index in [1.807, 2.05) is 65.4 Å². The lowest BCUT2D eigenvalue weighted by atomic mass is 10.2. The largest absolute Gasteiger partial charge is 0.376 e. The molecule has 170 valence electrons. The maximum absolute atomic E-state index is 13.2. The fraction of sp³-hybridized carbons (Fsp3) is 0.320. The van der Waals surface area contributed by atoms with Gasteiger partial charge in [-0.15, -0.1) is 21.5 Å². The number of nitrogens with zero attached hydrogens (tertiary/aromatic N) is 4. The second-order valence-corrected chi connectivity index (χ2v) is 10.1. The lowest BCUT2D eigenvalue weighted by molar-refractivity contribution is 0.0957. The third-order valence-electron chi connectivity index (χ3n) is 6.01. The summed E-state index contributed by atoms with van der Waals surface area (Å²) in [7, 11) is 0. The fourth-order valence-corrected chi connectivity index (χ4v) is 5.84. The molecular formula is C25H26N4O2S2. The number of rotatable bonds is 8. The van der Waals surface area contributed by atoms with E-state index in [4.69, 9.17) is 4.74 Å². The van der Waals surface area contributed by atoms with Crippen molar-refractivity contribution in [2.45, 2.75) is 44.5 Å².